The van der Waals surface area contributed by atoms with Gasteiger partial charge in [0.05, 0.1) is 6.26 Å². The van der Waals surface area contributed by atoms with Crippen LogP contribution >= 0.6 is 0 Å². The van der Waals surface area contributed by atoms with E-state index in [9.17, 15) is 9.59 Å². The van der Waals surface area contributed by atoms with Gasteiger partial charge < -0.3 is 10.1 Å². The van der Waals surface area contributed by atoms with Crippen molar-refractivity contribution in [3.8, 4) is 0 Å². The number of carbonyl (C=O) groups excluding carboxylic acids is 2. The molecule has 12 heavy (non-hydrogen) atoms. The molecule has 1 N–H and O–H groups in total. The minimum Gasteiger partial charge on any atom is -0.435 e. The molecule has 0 unspecified atom stereocenters. The number of rotatable bonds is 2. The van der Waals surface area contributed by atoms with Crippen LogP contribution in [0.25, 0.3) is 0 Å². The summed E-state index contributed by atoms with van der Waals surface area (Å²) >= 11 is 0. The highest BCUT2D eigenvalue weighted by Gasteiger charge is 1.79. The van der Waals surface area contributed by atoms with Gasteiger partial charge in [0.1, 0.15) is 0 Å². The van der Waals surface area contributed by atoms with E-state index in [1.807, 2.05) is 0 Å². The number of hydrogen-bond acceptors (Lipinski definition) is 3. The number of esters is 1. The predicted octanol–water partition coefficient (Wildman–Crippen LogP) is 0.611. The Bertz CT molecular complexity index is 175. The SMILES string of the molecule is C=CC(=O)NC.C=COC(C)=O. The zero-order chi connectivity index (χ0) is 9.98. The lowest BCUT2D eigenvalue weighted by Gasteiger charge is -1.83. The number of ether oxygens (including phenoxy) is 1. The van der Waals surface area contributed by atoms with Gasteiger partial charge in [-0.05, 0) is 6.08 Å². The summed E-state index contributed by atoms with van der Waals surface area (Å²) in [6.45, 7) is 7.70. The minimum absolute atomic E-state index is 0.144. The topological polar surface area (TPSA) is 55.4 Å². The summed E-state index contributed by atoms with van der Waals surface area (Å²) in [5.41, 5.74) is 0. The van der Waals surface area contributed by atoms with Gasteiger partial charge in [-0.2, -0.15) is 0 Å². The van der Waals surface area contributed by atoms with Gasteiger partial charge in [-0.25, -0.2) is 0 Å². The van der Waals surface area contributed by atoms with Crippen molar-refractivity contribution >= 4 is 11.9 Å². The standard InChI is InChI=1S/C4H7NO.C4H6O2/c1-3-4(6)5-2;1-3-6-4(2)5/h3H,1H2,2H3,(H,5,6);3H,1H2,2H3. The molecule has 0 saturated carbocycles. The number of amides is 1. The fraction of sp³-hybridized carbons (Fsp3) is 0.250. The van der Waals surface area contributed by atoms with E-state index < -0.39 is 0 Å². The smallest absolute Gasteiger partial charge is 0.307 e. The van der Waals surface area contributed by atoms with Crippen LogP contribution in [0.2, 0.25) is 0 Å². The van der Waals surface area contributed by atoms with Crippen LogP contribution in [0.4, 0.5) is 0 Å². The fourth-order valence-electron chi connectivity index (χ4n) is 0.219. The largest absolute Gasteiger partial charge is 0.435 e. The van der Waals surface area contributed by atoms with E-state index in [0.717, 1.165) is 6.26 Å². The maximum Gasteiger partial charge on any atom is 0.307 e. The van der Waals surface area contributed by atoms with Gasteiger partial charge in [-0.15, -0.1) is 0 Å². The molecule has 4 heteroatoms. The normalized spacial score (nSPS) is 6.83. The third-order valence-corrected chi connectivity index (χ3v) is 0.681. The Balaban J connectivity index is 0. The van der Waals surface area contributed by atoms with Crippen LogP contribution < -0.4 is 5.32 Å². The van der Waals surface area contributed by atoms with Gasteiger partial charge in [-0.1, -0.05) is 13.2 Å². The van der Waals surface area contributed by atoms with Crippen LogP contribution in [0, 0.1) is 0 Å². The molecule has 0 rings (SSSR count). The summed E-state index contributed by atoms with van der Waals surface area (Å²) in [4.78, 5) is 19.7. The molecular weight excluding hydrogens is 158 g/mol. The molecule has 0 aliphatic heterocycles. The van der Waals surface area contributed by atoms with Crippen molar-refractivity contribution in [2.75, 3.05) is 7.05 Å². The van der Waals surface area contributed by atoms with E-state index in [2.05, 4.69) is 23.2 Å². The summed E-state index contributed by atoms with van der Waals surface area (Å²) in [5, 5.41) is 2.36. The lowest BCUT2D eigenvalue weighted by Crippen LogP contribution is -2.13. The van der Waals surface area contributed by atoms with E-state index in [0.29, 0.717) is 0 Å². The lowest BCUT2D eigenvalue weighted by molar-refractivity contribution is -0.135. The maximum atomic E-state index is 9.95. The second-order valence-corrected chi connectivity index (χ2v) is 1.59. The van der Waals surface area contributed by atoms with Gasteiger partial charge in [-0.3, -0.25) is 9.59 Å². The number of hydrogen-bond donors (Lipinski definition) is 1. The molecule has 0 radical (unpaired) electrons. The molecule has 68 valence electrons. The predicted molar refractivity (Wildman–Crippen MR) is 46.2 cm³/mol. The quantitative estimate of drug-likeness (QED) is 0.376. The van der Waals surface area contributed by atoms with Gasteiger partial charge in [0.25, 0.3) is 0 Å². The van der Waals surface area contributed by atoms with E-state index in [1.165, 1.54) is 13.0 Å². The van der Waals surface area contributed by atoms with Gasteiger partial charge >= 0.3 is 5.97 Å². The summed E-state index contributed by atoms with van der Waals surface area (Å²) in [6.07, 6.45) is 2.32. The lowest BCUT2D eigenvalue weighted by atomic mass is 10.6. The molecule has 0 heterocycles. The highest BCUT2D eigenvalue weighted by atomic mass is 16.5. The Morgan fingerprint density at radius 3 is 1.92 bits per heavy atom. The Kier molecular flexibility index (Phi) is 10.2. The van der Waals surface area contributed by atoms with E-state index in [1.54, 1.807) is 7.05 Å². The van der Waals surface area contributed by atoms with Crippen molar-refractivity contribution in [2.45, 2.75) is 6.92 Å². The fourth-order valence-corrected chi connectivity index (χ4v) is 0.219. The second-order valence-electron chi connectivity index (χ2n) is 1.59. The first-order valence-electron chi connectivity index (χ1n) is 3.20. The van der Waals surface area contributed by atoms with Crippen molar-refractivity contribution in [2.24, 2.45) is 0 Å². The molecule has 0 aromatic carbocycles. The maximum absolute atomic E-state index is 9.95. The summed E-state index contributed by atoms with van der Waals surface area (Å²) in [6, 6.07) is 0. The van der Waals surface area contributed by atoms with Crippen molar-refractivity contribution in [3.05, 3.63) is 25.5 Å². The van der Waals surface area contributed by atoms with E-state index in [-0.39, 0.29) is 11.9 Å². The highest BCUT2D eigenvalue weighted by molar-refractivity contribution is 5.86. The number of likely N-dealkylation sites (N-methyl/N-ethyl adjacent to an activating group) is 1. The molecular formula is C8H13NO3. The number of nitrogens with one attached hydrogen (secondary N) is 1. The van der Waals surface area contributed by atoms with Crippen LogP contribution in [0.5, 0.6) is 0 Å². The molecule has 0 saturated heterocycles. The molecule has 0 aromatic heterocycles. The van der Waals surface area contributed by atoms with Crippen LogP contribution in [0.15, 0.2) is 25.5 Å². The highest BCUT2D eigenvalue weighted by Crippen LogP contribution is 1.70. The summed E-state index contributed by atoms with van der Waals surface area (Å²) < 4.78 is 4.17. The second kappa shape index (κ2) is 9.42. The Hall–Kier alpha value is -1.58. The first-order chi connectivity index (χ1) is 5.58. The zero-order valence-electron chi connectivity index (χ0n) is 7.29. The average molecular weight is 171 g/mol. The molecule has 0 atom stereocenters. The molecule has 0 aliphatic rings. The van der Waals surface area contributed by atoms with Crippen LogP contribution in [0.3, 0.4) is 0 Å². The van der Waals surface area contributed by atoms with E-state index in [4.69, 9.17) is 0 Å². The summed E-state index contributed by atoms with van der Waals surface area (Å²) in [7, 11) is 1.56. The number of carbonyl (C=O) groups is 2. The van der Waals surface area contributed by atoms with Crippen molar-refractivity contribution < 1.29 is 14.3 Å². The zero-order valence-corrected chi connectivity index (χ0v) is 7.29. The monoisotopic (exact) mass is 171 g/mol. The van der Waals surface area contributed by atoms with Crippen LogP contribution in [-0.2, 0) is 14.3 Å². The third-order valence-electron chi connectivity index (χ3n) is 0.681. The van der Waals surface area contributed by atoms with Gasteiger partial charge in [0.2, 0.25) is 5.91 Å². The molecule has 0 aromatic rings. The molecule has 0 fully saturated rings. The van der Waals surface area contributed by atoms with Crippen molar-refractivity contribution in [1.82, 2.24) is 5.32 Å². The van der Waals surface area contributed by atoms with Crippen molar-refractivity contribution in [1.29, 1.82) is 0 Å². The first kappa shape index (κ1) is 13.0. The Morgan fingerprint density at radius 2 is 1.92 bits per heavy atom. The molecule has 0 spiro atoms. The third kappa shape index (κ3) is 15.8. The van der Waals surface area contributed by atoms with Gasteiger partial charge in [0, 0.05) is 14.0 Å². The minimum atomic E-state index is -0.329. The average Bonchev–Trinajstić information content (AvgIpc) is 2.04. The van der Waals surface area contributed by atoms with Crippen LogP contribution in [-0.4, -0.2) is 18.9 Å². The first-order valence-corrected chi connectivity index (χ1v) is 3.20. The Morgan fingerprint density at radius 1 is 1.42 bits per heavy atom. The summed E-state index contributed by atoms with van der Waals surface area (Å²) in [5.74, 6) is -0.472. The Labute approximate surface area is 71.9 Å². The van der Waals surface area contributed by atoms with E-state index >= 15 is 0 Å². The molecule has 0 aliphatic carbocycles. The molecule has 0 bridgehead atoms. The molecule has 4 nitrogen and oxygen atoms in total. The van der Waals surface area contributed by atoms with Crippen LogP contribution in [0.1, 0.15) is 6.92 Å². The van der Waals surface area contributed by atoms with Crippen molar-refractivity contribution in [3.63, 3.8) is 0 Å². The van der Waals surface area contributed by atoms with Gasteiger partial charge in [0.15, 0.2) is 0 Å². The molecule has 1 amide bonds.